The van der Waals surface area contributed by atoms with E-state index in [1.165, 1.54) is 0 Å². The van der Waals surface area contributed by atoms with Crippen LogP contribution in [-0.4, -0.2) is 34.7 Å². The summed E-state index contributed by atoms with van der Waals surface area (Å²) in [6.07, 6.45) is 0. The molecule has 0 aliphatic heterocycles. The van der Waals surface area contributed by atoms with Crippen LogP contribution in [0.3, 0.4) is 0 Å². The number of rotatable bonds is 6. The molecule has 0 rings (SSSR count). The average Bonchev–Trinajstić information content (AvgIpc) is 2.15. The molecule has 0 saturated carbocycles. The van der Waals surface area contributed by atoms with Crippen molar-refractivity contribution in [2.24, 2.45) is 0 Å². The second-order valence-electron chi connectivity index (χ2n) is 5.64. The Balaban J connectivity index is 0. The van der Waals surface area contributed by atoms with E-state index in [4.69, 9.17) is 8.23 Å². The molecular weight excluding hydrogens is 288 g/mol. The van der Waals surface area contributed by atoms with E-state index < -0.39 is 16.6 Å². The molecule has 0 aliphatic carbocycles. The number of hydrogen-bond acceptors (Lipinski definition) is 2. The topological polar surface area (TPSA) is 18.5 Å². The molecule has 18 heavy (non-hydrogen) atoms. The fourth-order valence-corrected chi connectivity index (χ4v) is 10.5. The molecule has 0 atom stereocenters. The van der Waals surface area contributed by atoms with Gasteiger partial charge in [0, 0.05) is 0 Å². The van der Waals surface area contributed by atoms with E-state index in [1.807, 2.05) is 11.4 Å². The average molecular weight is 319 g/mol. The van der Waals surface area contributed by atoms with Crippen LogP contribution in [0.1, 0.15) is 0 Å². The van der Waals surface area contributed by atoms with Gasteiger partial charge in [-0.15, -0.1) is 13.2 Å². The Kier molecular flexibility index (Phi) is 10.5. The Labute approximate surface area is 120 Å². The molecule has 0 unspecified atom stereocenters. The van der Waals surface area contributed by atoms with E-state index in [2.05, 4.69) is 65.5 Å². The fourth-order valence-electron chi connectivity index (χ4n) is 1.17. The van der Waals surface area contributed by atoms with Crippen LogP contribution >= 0.6 is 0 Å². The van der Waals surface area contributed by atoms with Crippen LogP contribution in [-0.2, 0) is 8.23 Å². The molecule has 0 N–H and O–H groups in total. The lowest BCUT2D eigenvalue weighted by Crippen LogP contribution is -2.41. The summed E-state index contributed by atoms with van der Waals surface area (Å²) >= 11 is 0. The van der Waals surface area contributed by atoms with Crippen molar-refractivity contribution < 1.29 is 8.23 Å². The van der Waals surface area contributed by atoms with E-state index in [1.54, 1.807) is 0 Å². The van der Waals surface area contributed by atoms with Crippen molar-refractivity contribution in [1.29, 1.82) is 0 Å². The molecule has 106 valence electrons. The molecule has 0 aromatic carbocycles. The predicted molar refractivity (Wildman–Crippen MR) is 92.5 cm³/mol. The van der Waals surface area contributed by atoms with Crippen molar-refractivity contribution in [3.05, 3.63) is 24.6 Å². The summed E-state index contributed by atoms with van der Waals surface area (Å²) in [5.74, 6) is 0. The monoisotopic (exact) mass is 318 g/mol. The van der Waals surface area contributed by atoms with Gasteiger partial charge in [-0.1, -0.05) is 11.4 Å². The third kappa shape index (κ3) is 14.3. The van der Waals surface area contributed by atoms with Gasteiger partial charge < -0.3 is 8.23 Å². The Bertz CT molecular complexity index is 226. The molecule has 0 aliphatic rings. The third-order valence-electron chi connectivity index (χ3n) is 1.92. The predicted octanol–water partition coefficient (Wildman–Crippen LogP) is 4.37. The zero-order valence-corrected chi connectivity index (χ0v) is 17.4. The van der Waals surface area contributed by atoms with Crippen LogP contribution in [0.5, 0.6) is 0 Å². The Hall–Kier alpha value is 0.268. The van der Waals surface area contributed by atoms with E-state index >= 15 is 0 Å². The van der Waals surface area contributed by atoms with Crippen LogP contribution in [0.2, 0.25) is 52.4 Å². The fraction of sp³-hybridized carbons (Fsp3) is 0.667. The lowest BCUT2D eigenvalue weighted by atomic mass is 11.3. The molecule has 0 bridgehead atoms. The highest BCUT2D eigenvalue weighted by Gasteiger charge is 2.27. The summed E-state index contributed by atoms with van der Waals surface area (Å²) in [4.78, 5) is 0. The van der Waals surface area contributed by atoms with Gasteiger partial charge in [-0.25, -0.2) is 0 Å². The summed E-state index contributed by atoms with van der Waals surface area (Å²) in [5.41, 5.74) is 3.93. The smallest absolute Gasteiger partial charge is 0.198 e. The minimum atomic E-state index is -1.58. The minimum absolute atomic E-state index is 0.389. The van der Waals surface area contributed by atoms with Crippen molar-refractivity contribution >= 4 is 34.7 Å². The summed E-state index contributed by atoms with van der Waals surface area (Å²) in [6.45, 7) is 24.8. The zero-order chi connectivity index (χ0) is 15.0. The van der Waals surface area contributed by atoms with Gasteiger partial charge in [0.2, 0.25) is 0 Å². The molecular formula is C12H30O2Si4. The quantitative estimate of drug-likeness (QED) is 0.677. The molecule has 0 fully saturated rings. The van der Waals surface area contributed by atoms with Gasteiger partial charge in [-0.2, -0.15) is 0 Å². The summed E-state index contributed by atoms with van der Waals surface area (Å²) < 4.78 is 11.4. The van der Waals surface area contributed by atoms with Crippen molar-refractivity contribution in [2.45, 2.75) is 52.4 Å². The van der Waals surface area contributed by atoms with Crippen LogP contribution in [0.4, 0.5) is 0 Å². The first kappa shape index (κ1) is 20.6. The first-order valence-corrected chi connectivity index (χ1v) is 17.0. The minimum Gasteiger partial charge on any atom is -0.456 e. The van der Waals surface area contributed by atoms with Crippen molar-refractivity contribution in [1.82, 2.24) is 0 Å². The Morgan fingerprint density at radius 3 is 1.17 bits per heavy atom. The van der Waals surface area contributed by atoms with Crippen LogP contribution in [0.25, 0.3) is 0 Å². The van der Waals surface area contributed by atoms with Gasteiger partial charge in [-0.3, -0.25) is 0 Å². The summed E-state index contributed by atoms with van der Waals surface area (Å²) in [7, 11) is -3.94. The highest BCUT2D eigenvalue weighted by Crippen LogP contribution is 2.15. The maximum Gasteiger partial charge on any atom is 0.198 e. The molecule has 0 aromatic heterocycles. The summed E-state index contributed by atoms with van der Waals surface area (Å²) in [6, 6.07) is 0. The van der Waals surface area contributed by atoms with Crippen molar-refractivity contribution in [3.63, 3.8) is 0 Å². The molecule has 0 spiro atoms. The molecule has 0 heterocycles. The van der Waals surface area contributed by atoms with Gasteiger partial charge in [0.15, 0.2) is 34.7 Å². The van der Waals surface area contributed by atoms with Crippen molar-refractivity contribution in [2.75, 3.05) is 0 Å². The van der Waals surface area contributed by atoms with Gasteiger partial charge >= 0.3 is 0 Å². The van der Waals surface area contributed by atoms with E-state index in [-0.39, 0.29) is 18.1 Å². The van der Waals surface area contributed by atoms with Crippen LogP contribution in [0, 0.1) is 0 Å². The second-order valence-corrected chi connectivity index (χ2v) is 18.1. The first-order chi connectivity index (χ1) is 7.95. The molecule has 2 nitrogen and oxygen atoms in total. The SMILES string of the molecule is C=C[Si](C)(C)O[Si](C)(C)C=C.C[Si](C)O[Si](C)C. The van der Waals surface area contributed by atoms with Crippen LogP contribution in [0.15, 0.2) is 24.6 Å². The van der Waals surface area contributed by atoms with Gasteiger partial charge in [0.25, 0.3) is 0 Å². The zero-order valence-electron chi connectivity index (χ0n) is 13.4. The molecule has 0 saturated heterocycles. The Morgan fingerprint density at radius 1 is 0.778 bits per heavy atom. The second kappa shape index (κ2) is 9.22. The first-order valence-electron chi connectivity index (χ1n) is 6.21. The van der Waals surface area contributed by atoms with E-state index in [9.17, 15) is 0 Å². The van der Waals surface area contributed by atoms with Crippen LogP contribution < -0.4 is 0 Å². The largest absolute Gasteiger partial charge is 0.456 e. The molecule has 0 aromatic rings. The molecule has 0 amide bonds. The highest BCUT2D eigenvalue weighted by atomic mass is 28.4. The number of hydrogen-bond donors (Lipinski definition) is 0. The Morgan fingerprint density at radius 2 is 1.06 bits per heavy atom. The summed E-state index contributed by atoms with van der Waals surface area (Å²) in [5, 5.41) is 0. The third-order valence-corrected chi connectivity index (χ3v) is 11.4. The maximum atomic E-state index is 5.97. The molecule has 2 radical (unpaired) electrons. The standard InChI is InChI=1S/C8H18OSi2.C4H12OSi2/c1-7-10(3,4)9-11(5,6)8-2;1-6(2)5-7(3)4/h7-8H,1-2H2,3-6H3;1-4H3. The normalized spacial score (nSPS) is 12.1. The van der Waals surface area contributed by atoms with E-state index in [0.29, 0.717) is 0 Å². The van der Waals surface area contributed by atoms with Gasteiger partial charge in [0.05, 0.1) is 0 Å². The maximum absolute atomic E-state index is 5.97. The lowest BCUT2D eigenvalue weighted by Gasteiger charge is -2.29. The van der Waals surface area contributed by atoms with Crippen molar-refractivity contribution in [3.8, 4) is 0 Å². The van der Waals surface area contributed by atoms with Gasteiger partial charge in [-0.05, 0) is 52.4 Å². The lowest BCUT2D eigenvalue weighted by molar-refractivity contribution is 0.571. The van der Waals surface area contributed by atoms with E-state index in [0.717, 1.165) is 0 Å². The van der Waals surface area contributed by atoms with Gasteiger partial charge in [0.1, 0.15) is 0 Å². The highest BCUT2D eigenvalue weighted by molar-refractivity contribution is 6.89. The molecule has 6 heteroatoms.